The molecule has 0 unspecified atom stereocenters. The van der Waals surface area contributed by atoms with E-state index in [1.165, 1.54) is 44.2 Å². The van der Waals surface area contributed by atoms with E-state index in [0.29, 0.717) is 28.3 Å². The summed E-state index contributed by atoms with van der Waals surface area (Å²) in [6.07, 6.45) is 8.56. The van der Waals surface area contributed by atoms with Crippen molar-refractivity contribution in [2.75, 3.05) is 36.4 Å². The van der Waals surface area contributed by atoms with Gasteiger partial charge in [-0.05, 0) is 74.9 Å². The zero-order chi connectivity index (χ0) is 22.3. The van der Waals surface area contributed by atoms with Gasteiger partial charge in [-0.1, -0.05) is 36.9 Å². The van der Waals surface area contributed by atoms with Crippen LogP contribution < -0.4 is 15.5 Å². The highest BCUT2D eigenvalue weighted by atomic mass is 35.5. The monoisotopic (exact) mass is 459 g/mol. The van der Waals surface area contributed by atoms with Gasteiger partial charge < -0.3 is 15.5 Å². The summed E-state index contributed by atoms with van der Waals surface area (Å²) in [7, 11) is 0. The van der Waals surface area contributed by atoms with Gasteiger partial charge in [0.1, 0.15) is 16.8 Å². The maximum absolute atomic E-state index is 14.0. The molecule has 4 rings (SSSR count). The Morgan fingerprint density at radius 3 is 2.50 bits per heavy atom. The molecule has 4 heterocycles. The molecule has 0 bridgehead atoms. The molecule has 2 aromatic heterocycles. The van der Waals surface area contributed by atoms with Gasteiger partial charge in [0.05, 0.1) is 5.56 Å². The second-order valence-electron chi connectivity index (χ2n) is 8.86. The van der Waals surface area contributed by atoms with Gasteiger partial charge in [0.15, 0.2) is 0 Å². The average Bonchev–Trinajstić information content (AvgIpc) is 2.80. The van der Waals surface area contributed by atoms with Crippen molar-refractivity contribution < 1.29 is 9.18 Å². The van der Waals surface area contributed by atoms with Crippen LogP contribution in [0.15, 0.2) is 30.3 Å². The van der Waals surface area contributed by atoms with Crippen LogP contribution in [0.5, 0.6) is 0 Å². The van der Waals surface area contributed by atoms with E-state index < -0.39 is 5.95 Å². The van der Waals surface area contributed by atoms with Gasteiger partial charge in [-0.3, -0.25) is 4.79 Å². The quantitative estimate of drug-likeness (QED) is 0.576. The number of carbonyl (C=O) groups is 1. The number of piperidine rings is 2. The first-order valence-corrected chi connectivity index (χ1v) is 12.0. The first-order chi connectivity index (χ1) is 15.6. The topological polar surface area (TPSA) is 70.2 Å². The lowest BCUT2D eigenvalue weighted by atomic mass is 9.87. The molecule has 2 saturated heterocycles. The number of hydrogen-bond donors (Lipinski definition) is 2. The predicted molar refractivity (Wildman–Crippen MR) is 126 cm³/mol. The third-order valence-corrected chi connectivity index (χ3v) is 6.85. The number of rotatable bonds is 7. The normalized spacial score (nSPS) is 18.0. The first kappa shape index (κ1) is 22.9. The van der Waals surface area contributed by atoms with Crippen LogP contribution in [0.1, 0.15) is 55.3 Å². The second-order valence-corrected chi connectivity index (χ2v) is 9.25. The number of carbonyl (C=O) groups excluding carboxylic acids is 1. The third-order valence-electron chi connectivity index (χ3n) is 6.64. The molecule has 2 aromatic rings. The lowest BCUT2D eigenvalue weighted by Gasteiger charge is -2.34. The van der Waals surface area contributed by atoms with E-state index in [1.807, 2.05) is 4.90 Å². The average molecular weight is 460 g/mol. The van der Waals surface area contributed by atoms with Crippen LogP contribution in [0.4, 0.5) is 16.0 Å². The minimum atomic E-state index is -0.582. The van der Waals surface area contributed by atoms with E-state index in [4.69, 9.17) is 11.6 Å². The number of anilines is 2. The minimum absolute atomic E-state index is 0.294. The zero-order valence-electron chi connectivity index (χ0n) is 18.3. The Hall–Kier alpha value is -2.25. The molecule has 32 heavy (non-hydrogen) atoms. The van der Waals surface area contributed by atoms with Crippen molar-refractivity contribution in [2.24, 2.45) is 11.8 Å². The fourth-order valence-corrected chi connectivity index (χ4v) is 4.97. The number of amides is 1. The van der Waals surface area contributed by atoms with Gasteiger partial charge in [0.2, 0.25) is 5.95 Å². The number of hydrogen-bond acceptors (Lipinski definition) is 5. The van der Waals surface area contributed by atoms with Gasteiger partial charge in [-0.15, -0.1) is 0 Å². The van der Waals surface area contributed by atoms with Gasteiger partial charge in [0.25, 0.3) is 5.91 Å². The smallest absolute Gasteiger partial charge is 0.260 e. The van der Waals surface area contributed by atoms with Crippen LogP contribution in [0.3, 0.4) is 0 Å². The second kappa shape index (κ2) is 11.1. The van der Waals surface area contributed by atoms with E-state index in [2.05, 4.69) is 20.6 Å². The molecule has 172 valence electrons. The summed E-state index contributed by atoms with van der Waals surface area (Å²) in [5.74, 6) is 1.37. The Bertz CT molecular complexity index is 913. The van der Waals surface area contributed by atoms with Gasteiger partial charge in [0, 0.05) is 13.1 Å². The van der Waals surface area contributed by atoms with E-state index in [0.717, 1.165) is 44.9 Å². The summed E-state index contributed by atoms with van der Waals surface area (Å²) in [6, 6.07) is 7.72. The molecular weight excluding hydrogens is 429 g/mol. The lowest BCUT2D eigenvalue weighted by Crippen LogP contribution is -2.36. The van der Waals surface area contributed by atoms with E-state index in [9.17, 15) is 9.18 Å². The molecule has 0 spiro atoms. The molecule has 2 N–H and O–H groups in total. The molecule has 2 aliphatic heterocycles. The largest absolute Gasteiger partial charge is 0.356 e. The number of nitrogens with one attached hydrogen (secondary N) is 2. The first-order valence-electron chi connectivity index (χ1n) is 11.6. The van der Waals surface area contributed by atoms with E-state index in [-0.39, 0.29) is 5.91 Å². The molecule has 0 aromatic carbocycles. The Labute approximate surface area is 194 Å². The molecule has 0 aliphatic carbocycles. The molecular formula is C24H31ClFN5O. The standard InChI is InChI=1S/C24H31ClFN5O/c25-20-5-2-6-22(28-20)30-24(32)19-7-8-21(26)29-23(19)31-15-11-18(12-16-31)4-1-3-17-9-13-27-14-10-17/h2,5-8,17-18,27H,1,3-4,9-16H2,(H,28,30,32). The predicted octanol–water partition coefficient (Wildman–Crippen LogP) is 4.91. The molecule has 2 aliphatic rings. The van der Waals surface area contributed by atoms with Crippen molar-refractivity contribution in [1.82, 2.24) is 15.3 Å². The summed E-state index contributed by atoms with van der Waals surface area (Å²) >= 11 is 5.91. The van der Waals surface area contributed by atoms with Crippen LogP contribution in [0.2, 0.25) is 5.15 Å². The summed E-state index contributed by atoms with van der Waals surface area (Å²) in [6.45, 7) is 3.88. The van der Waals surface area contributed by atoms with Gasteiger partial charge >= 0.3 is 0 Å². The van der Waals surface area contributed by atoms with E-state index >= 15 is 0 Å². The Kier molecular flexibility index (Phi) is 7.92. The summed E-state index contributed by atoms with van der Waals surface area (Å²) < 4.78 is 14.0. The molecule has 6 nitrogen and oxygen atoms in total. The third kappa shape index (κ3) is 6.17. The Morgan fingerprint density at radius 2 is 1.78 bits per heavy atom. The summed E-state index contributed by atoms with van der Waals surface area (Å²) in [5, 5.41) is 6.46. The number of nitrogens with zero attached hydrogens (tertiary/aromatic N) is 3. The van der Waals surface area contributed by atoms with Crippen molar-refractivity contribution in [3.8, 4) is 0 Å². The fraction of sp³-hybridized carbons (Fsp3) is 0.542. The molecule has 1 amide bonds. The van der Waals surface area contributed by atoms with Crippen molar-refractivity contribution >= 4 is 29.1 Å². The van der Waals surface area contributed by atoms with Crippen LogP contribution in [-0.4, -0.2) is 42.1 Å². The molecule has 8 heteroatoms. The van der Waals surface area contributed by atoms with Gasteiger partial charge in [-0.2, -0.15) is 4.39 Å². The molecule has 0 saturated carbocycles. The number of halogens is 2. The van der Waals surface area contributed by atoms with Crippen molar-refractivity contribution in [3.05, 3.63) is 47.0 Å². The Balaban J connectivity index is 1.33. The summed E-state index contributed by atoms with van der Waals surface area (Å²) in [4.78, 5) is 23.1. The Morgan fingerprint density at radius 1 is 1.06 bits per heavy atom. The maximum atomic E-state index is 14.0. The summed E-state index contributed by atoms with van der Waals surface area (Å²) in [5.41, 5.74) is 0.345. The lowest BCUT2D eigenvalue weighted by molar-refractivity contribution is 0.102. The van der Waals surface area contributed by atoms with Crippen LogP contribution >= 0.6 is 11.6 Å². The fourth-order valence-electron chi connectivity index (χ4n) is 4.80. The van der Waals surface area contributed by atoms with Crippen LogP contribution in [-0.2, 0) is 0 Å². The maximum Gasteiger partial charge on any atom is 0.260 e. The minimum Gasteiger partial charge on any atom is -0.356 e. The SMILES string of the molecule is O=C(Nc1cccc(Cl)n1)c1ccc(F)nc1N1CCC(CCCC2CCNCC2)CC1. The highest BCUT2D eigenvalue weighted by molar-refractivity contribution is 6.29. The van der Waals surface area contributed by atoms with Crippen LogP contribution in [0, 0.1) is 17.8 Å². The number of pyridine rings is 2. The molecule has 2 fully saturated rings. The van der Waals surface area contributed by atoms with E-state index in [1.54, 1.807) is 18.2 Å². The highest BCUT2D eigenvalue weighted by Crippen LogP contribution is 2.29. The zero-order valence-corrected chi connectivity index (χ0v) is 19.1. The van der Waals surface area contributed by atoms with Gasteiger partial charge in [-0.25, -0.2) is 9.97 Å². The molecule has 0 atom stereocenters. The van der Waals surface area contributed by atoms with Crippen molar-refractivity contribution in [3.63, 3.8) is 0 Å². The van der Waals surface area contributed by atoms with Crippen LogP contribution in [0.25, 0.3) is 0 Å². The molecule has 0 radical (unpaired) electrons. The van der Waals surface area contributed by atoms with Crippen molar-refractivity contribution in [2.45, 2.75) is 44.9 Å². The van der Waals surface area contributed by atoms with Crippen molar-refractivity contribution in [1.29, 1.82) is 0 Å². The highest BCUT2D eigenvalue weighted by Gasteiger charge is 2.25. The number of aromatic nitrogens is 2.